The summed E-state index contributed by atoms with van der Waals surface area (Å²) in [6, 6.07) is 8.77. The first-order valence-electron chi connectivity index (χ1n) is 11.1. The van der Waals surface area contributed by atoms with Gasteiger partial charge < -0.3 is 15.4 Å². The van der Waals surface area contributed by atoms with E-state index in [-0.39, 0.29) is 17.4 Å². The van der Waals surface area contributed by atoms with Gasteiger partial charge in [0.15, 0.2) is 0 Å². The summed E-state index contributed by atoms with van der Waals surface area (Å²) in [5.41, 5.74) is 9.71. The lowest BCUT2D eigenvalue weighted by Crippen LogP contribution is -2.32. The van der Waals surface area contributed by atoms with E-state index in [1.54, 1.807) is 28.9 Å². The standard InChI is InChI=1S/C25H24FN5O2/c1-13-5-15(6-13)14-3-4-16-22(11-33-23(16)7-14)30(2)25(32)17-8-20-19(9-18(17)26)29-24(27)21-10-28-12-31(20)21/h3-4,7-10,12-13,15,22H,5-6,11H2,1-2H3,(H2,27,29)/t13?,15?,22-/m1/s1. The molecule has 0 unspecified atom stereocenters. The average molecular weight is 445 g/mol. The number of likely N-dealkylation sites (N-methyl/N-ethyl adjacent to an activating group) is 1. The summed E-state index contributed by atoms with van der Waals surface area (Å²) in [4.78, 5) is 23.3. The zero-order chi connectivity index (χ0) is 22.9. The highest BCUT2D eigenvalue weighted by Gasteiger charge is 2.34. The molecule has 0 bridgehead atoms. The molecule has 7 nitrogen and oxygen atoms in total. The van der Waals surface area contributed by atoms with Crippen LogP contribution in [0.1, 0.15) is 53.2 Å². The lowest BCUT2D eigenvalue weighted by molar-refractivity contribution is 0.0704. The van der Waals surface area contributed by atoms with Gasteiger partial charge in [0.2, 0.25) is 0 Å². The highest BCUT2D eigenvalue weighted by molar-refractivity contribution is 5.98. The molecule has 8 heteroatoms. The molecule has 3 heterocycles. The lowest BCUT2D eigenvalue weighted by Gasteiger charge is -2.33. The molecule has 0 saturated heterocycles. The number of imidazole rings is 1. The van der Waals surface area contributed by atoms with Crippen molar-refractivity contribution >= 4 is 28.3 Å². The Kier molecular flexibility index (Phi) is 4.33. The van der Waals surface area contributed by atoms with Crippen molar-refractivity contribution in [2.45, 2.75) is 31.7 Å². The molecular formula is C25H24FN5O2. The lowest BCUT2D eigenvalue weighted by atomic mass is 9.72. The summed E-state index contributed by atoms with van der Waals surface area (Å²) in [5.74, 6) is 1.37. The fourth-order valence-electron chi connectivity index (χ4n) is 5.15. The zero-order valence-corrected chi connectivity index (χ0v) is 18.5. The number of carbonyl (C=O) groups excluding carboxylic acids is 1. The van der Waals surface area contributed by atoms with Crippen LogP contribution in [0.3, 0.4) is 0 Å². The van der Waals surface area contributed by atoms with Crippen molar-refractivity contribution in [3.05, 3.63) is 65.4 Å². The predicted molar refractivity (Wildman–Crippen MR) is 123 cm³/mol. The van der Waals surface area contributed by atoms with E-state index in [2.05, 4.69) is 29.0 Å². The minimum atomic E-state index is -0.640. The molecule has 4 aromatic rings. The van der Waals surface area contributed by atoms with Gasteiger partial charge >= 0.3 is 0 Å². The highest BCUT2D eigenvalue weighted by Crippen LogP contribution is 2.45. The number of benzene rings is 2. The van der Waals surface area contributed by atoms with E-state index in [9.17, 15) is 4.79 Å². The maximum Gasteiger partial charge on any atom is 0.257 e. The molecule has 6 rings (SSSR count). The predicted octanol–water partition coefficient (Wildman–Crippen LogP) is 4.32. The van der Waals surface area contributed by atoms with Crippen LogP contribution in [0, 0.1) is 11.7 Å². The highest BCUT2D eigenvalue weighted by atomic mass is 19.1. The molecule has 0 radical (unpaired) electrons. The zero-order valence-electron chi connectivity index (χ0n) is 18.5. The molecule has 1 amide bonds. The van der Waals surface area contributed by atoms with E-state index < -0.39 is 11.7 Å². The van der Waals surface area contributed by atoms with Crippen molar-refractivity contribution in [1.29, 1.82) is 0 Å². The van der Waals surface area contributed by atoms with Crippen molar-refractivity contribution in [1.82, 2.24) is 19.3 Å². The van der Waals surface area contributed by atoms with Crippen molar-refractivity contribution in [3.63, 3.8) is 0 Å². The van der Waals surface area contributed by atoms with Gasteiger partial charge in [-0.2, -0.15) is 0 Å². The van der Waals surface area contributed by atoms with E-state index in [1.165, 1.54) is 30.5 Å². The number of hydrogen-bond acceptors (Lipinski definition) is 5. The number of halogens is 1. The third-order valence-electron chi connectivity index (χ3n) is 7.12. The molecule has 1 saturated carbocycles. The second kappa shape index (κ2) is 7.16. The van der Waals surface area contributed by atoms with Crippen LogP contribution in [0.4, 0.5) is 10.2 Å². The molecule has 2 N–H and O–H groups in total. The van der Waals surface area contributed by atoms with E-state index in [1.807, 2.05) is 6.07 Å². The third-order valence-corrected chi connectivity index (χ3v) is 7.12. The van der Waals surface area contributed by atoms with Gasteiger partial charge in [-0.15, -0.1) is 0 Å². The molecule has 2 aliphatic rings. The monoisotopic (exact) mass is 445 g/mol. The number of amides is 1. The van der Waals surface area contributed by atoms with Crippen molar-refractivity contribution in [3.8, 4) is 5.75 Å². The van der Waals surface area contributed by atoms with Gasteiger partial charge in [0, 0.05) is 18.7 Å². The number of nitrogen functional groups attached to an aromatic ring is 1. The van der Waals surface area contributed by atoms with Crippen LogP contribution in [-0.2, 0) is 0 Å². The van der Waals surface area contributed by atoms with E-state index in [0.717, 1.165) is 17.2 Å². The maximum atomic E-state index is 15.0. The van der Waals surface area contributed by atoms with Crippen LogP contribution in [0.25, 0.3) is 16.6 Å². The van der Waals surface area contributed by atoms with Gasteiger partial charge in [-0.25, -0.2) is 14.4 Å². The topological polar surface area (TPSA) is 85.8 Å². The largest absolute Gasteiger partial charge is 0.491 e. The second-order valence-electron chi connectivity index (χ2n) is 9.28. The summed E-state index contributed by atoms with van der Waals surface area (Å²) in [7, 11) is 1.69. The summed E-state index contributed by atoms with van der Waals surface area (Å²) in [6.45, 7) is 2.62. The van der Waals surface area contributed by atoms with E-state index in [0.29, 0.717) is 29.1 Å². The smallest absolute Gasteiger partial charge is 0.257 e. The van der Waals surface area contributed by atoms with Crippen molar-refractivity contribution in [2.75, 3.05) is 19.4 Å². The molecule has 1 atom stereocenters. The Morgan fingerprint density at radius 2 is 2.06 bits per heavy atom. The van der Waals surface area contributed by atoms with Crippen LogP contribution in [-0.4, -0.2) is 38.8 Å². The Morgan fingerprint density at radius 1 is 1.24 bits per heavy atom. The summed E-state index contributed by atoms with van der Waals surface area (Å²) in [6.07, 6.45) is 5.57. The Labute approximate surface area is 190 Å². The molecule has 2 aromatic carbocycles. The van der Waals surface area contributed by atoms with Gasteiger partial charge in [0.25, 0.3) is 5.91 Å². The fraction of sp³-hybridized carbons (Fsp3) is 0.320. The normalized spacial score (nSPS) is 21.6. The summed E-state index contributed by atoms with van der Waals surface area (Å²) < 4.78 is 22.7. The molecule has 168 valence electrons. The number of hydrogen-bond donors (Lipinski definition) is 1. The number of rotatable bonds is 3. The van der Waals surface area contributed by atoms with E-state index in [4.69, 9.17) is 10.5 Å². The molecule has 0 spiro atoms. The number of anilines is 1. The first kappa shape index (κ1) is 20.0. The van der Waals surface area contributed by atoms with Gasteiger partial charge in [-0.05, 0) is 42.4 Å². The molecule has 1 aliphatic heterocycles. The van der Waals surface area contributed by atoms with Gasteiger partial charge in [-0.3, -0.25) is 9.20 Å². The van der Waals surface area contributed by atoms with Crippen LogP contribution in [0.15, 0.2) is 42.9 Å². The van der Waals surface area contributed by atoms with Gasteiger partial charge in [0.1, 0.15) is 29.5 Å². The van der Waals surface area contributed by atoms with Crippen LogP contribution < -0.4 is 10.5 Å². The molecule has 2 aromatic heterocycles. The van der Waals surface area contributed by atoms with Crippen LogP contribution >= 0.6 is 0 Å². The van der Waals surface area contributed by atoms with Gasteiger partial charge in [0.05, 0.1) is 35.2 Å². The first-order valence-corrected chi connectivity index (χ1v) is 11.1. The van der Waals surface area contributed by atoms with E-state index >= 15 is 4.39 Å². The third kappa shape index (κ3) is 3.04. The van der Waals surface area contributed by atoms with Gasteiger partial charge in [-0.1, -0.05) is 19.1 Å². The van der Waals surface area contributed by atoms with Crippen LogP contribution in [0.5, 0.6) is 5.75 Å². The SMILES string of the molecule is CC1CC(c2ccc3c(c2)OC[C@H]3N(C)C(=O)c2cc3c(cc2F)nc(N)c2cncn23)C1. The Balaban J connectivity index is 1.33. The number of fused-ring (bicyclic) bond motifs is 4. The summed E-state index contributed by atoms with van der Waals surface area (Å²) >= 11 is 0. The summed E-state index contributed by atoms with van der Waals surface area (Å²) in [5, 5.41) is 0. The molecule has 33 heavy (non-hydrogen) atoms. The van der Waals surface area contributed by atoms with Crippen molar-refractivity contribution in [2.24, 2.45) is 5.92 Å². The van der Waals surface area contributed by atoms with Crippen LogP contribution in [0.2, 0.25) is 0 Å². The molecule has 1 fully saturated rings. The number of aromatic nitrogens is 3. The fourth-order valence-corrected chi connectivity index (χ4v) is 5.15. The Morgan fingerprint density at radius 3 is 2.85 bits per heavy atom. The number of nitrogens with zero attached hydrogens (tertiary/aromatic N) is 4. The minimum Gasteiger partial charge on any atom is -0.491 e. The first-order chi connectivity index (χ1) is 15.9. The Hall–Kier alpha value is -3.68. The average Bonchev–Trinajstić information content (AvgIpc) is 3.43. The Bertz CT molecular complexity index is 1430. The van der Waals surface area contributed by atoms with Crippen molar-refractivity contribution < 1.29 is 13.9 Å². The number of ether oxygens (including phenoxy) is 1. The number of carbonyl (C=O) groups is 1. The molecular weight excluding hydrogens is 421 g/mol. The maximum absolute atomic E-state index is 15.0. The minimum absolute atomic E-state index is 0.0277. The number of nitrogens with two attached hydrogens (primary N) is 1. The quantitative estimate of drug-likeness (QED) is 0.508. The molecule has 1 aliphatic carbocycles. The second-order valence-corrected chi connectivity index (χ2v) is 9.28.